The van der Waals surface area contributed by atoms with E-state index in [1.165, 1.54) is 11.1 Å². The summed E-state index contributed by atoms with van der Waals surface area (Å²) in [6.45, 7) is 5.61. The van der Waals surface area contributed by atoms with Gasteiger partial charge in [0.15, 0.2) is 0 Å². The number of hydrogen-bond donors (Lipinski definition) is 0. The first-order chi connectivity index (χ1) is 13.5. The molecule has 0 N–H and O–H groups in total. The van der Waals surface area contributed by atoms with Crippen LogP contribution in [0.4, 0.5) is 0 Å². The molecule has 5 nitrogen and oxygen atoms in total. The summed E-state index contributed by atoms with van der Waals surface area (Å²) in [5.74, 6) is 2.45. The van der Waals surface area contributed by atoms with E-state index in [0.29, 0.717) is 25.3 Å². The summed E-state index contributed by atoms with van der Waals surface area (Å²) in [6, 6.07) is 11.7. The molecule has 2 aromatic carbocycles. The van der Waals surface area contributed by atoms with Crippen LogP contribution in [-0.4, -0.2) is 44.2 Å². The highest BCUT2D eigenvalue weighted by molar-refractivity contribution is 5.79. The third-order valence-electron chi connectivity index (χ3n) is 5.41. The number of methoxy groups -OCH3 is 2. The molecule has 0 unspecified atom stereocenters. The third kappa shape index (κ3) is 4.77. The standard InChI is InChI=1S/C23H29NO4/c1-16-5-6-21(13-17(16)2)28-19-9-11-24(12-10-19)23(25)15-18-14-20(26-3)7-8-22(18)27-4/h5-8,13-14,19H,9-12,15H2,1-4H3. The quantitative estimate of drug-likeness (QED) is 0.758. The third-order valence-corrected chi connectivity index (χ3v) is 5.41. The van der Waals surface area contributed by atoms with Gasteiger partial charge in [0.05, 0.1) is 20.6 Å². The van der Waals surface area contributed by atoms with Crippen LogP contribution in [0, 0.1) is 13.8 Å². The van der Waals surface area contributed by atoms with Crippen LogP contribution >= 0.6 is 0 Å². The van der Waals surface area contributed by atoms with Crippen molar-refractivity contribution in [2.45, 2.75) is 39.2 Å². The number of nitrogens with zero attached hydrogens (tertiary/aromatic N) is 1. The summed E-state index contributed by atoms with van der Waals surface area (Å²) in [6.07, 6.45) is 2.14. The molecule has 0 aromatic heterocycles. The average Bonchev–Trinajstić information content (AvgIpc) is 2.71. The van der Waals surface area contributed by atoms with E-state index in [4.69, 9.17) is 14.2 Å². The minimum absolute atomic E-state index is 0.108. The maximum absolute atomic E-state index is 12.8. The van der Waals surface area contributed by atoms with E-state index >= 15 is 0 Å². The van der Waals surface area contributed by atoms with E-state index in [0.717, 1.165) is 29.9 Å². The molecule has 2 aromatic rings. The van der Waals surface area contributed by atoms with Gasteiger partial charge in [0.25, 0.3) is 0 Å². The largest absolute Gasteiger partial charge is 0.497 e. The Kier molecular flexibility index (Phi) is 6.45. The first-order valence-electron chi connectivity index (χ1n) is 9.72. The highest BCUT2D eigenvalue weighted by atomic mass is 16.5. The molecule has 150 valence electrons. The van der Waals surface area contributed by atoms with Crippen LogP contribution in [0.3, 0.4) is 0 Å². The van der Waals surface area contributed by atoms with Crippen molar-refractivity contribution in [3.8, 4) is 17.2 Å². The van der Waals surface area contributed by atoms with Crippen LogP contribution in [0.25, 0.3) is 0 Å². The van der Waals surface area contributed by atoms with Crippen LogP contribution in [0.2, 0.25) is 0 Å². The molecule has 1 amide bonds. The van der Waals surface area contributed by atoms with Crippen molar-refractivity contribution < 1.29 is 19.0 Å². The van der Waals surface area contributed by atoms with Crippen molar-refractivity contribution in [1.29, 1.82) is 0 Å². The molecule has 0 bridgehead atoms. The van der Waals surface area contributed by atoms with Crippen molar-refractivity contribution in [3.63, 3.8) is 0 Å². The highest BCUT2D eigenvalue weighted by Gasteiger charge is 2.25. The van der Waals surface area contributed by atoms with Crippen LogP contribution < -0.4 is 14.2 Å². The molecule has 0 saturated carbocycles. The van der Waals surface area contributed by atoms with Gasteiger partial charge in [-0.25, -0.2) is 0 Å². The van der Waals surface area contributed by atoms with Gasteiger partial charge in [0, 0.05) is 31.5 Å². The van der Waals surface area contributed by atoms with Gasteiger partial charge in [0.1, 0.15) is 23.4 Å². The minimum Gasteiger partial charge on any atom is -0.497 e. The summed E-state index contributed by atoms with van der Waals surface area (Å²) in [7, 11) is 3.24. The van der Waals surface area contributed by atoms with Crippen LogP contribution in [-0.2, 0) is 11.2 Å². The summed E-state index contributed by atoms with van der Waals surface area (Å²) >= 11 is 0. The molecule has 0 spiro atoms. The molecule has 3 rings (SSSR count). The molecule has 1 aliphatic heterocycles. The van der Waals surface area contributed by atoms with Crippen molar-refractivity contribution in [1.82, 2.24) is 4.90 Å². The fourth-order valence-corrected chi connectivity index (χ4v) is 3.50. The molecule has 1 saturated heterocycles. The lowest BCUT2D eigenvalue weighted by molar-refractivity contribution is -0.132. The monoisotopic (exact) mass is 383 g/mol. The molecule has 5 heteroatoms. The Bertz CT molecular complexity index is 825. The zero-order chi connectivity index (χ0) is 20.1. The normalized spacial score (nSPS) is 14.6. The van der Waals surface area contributed by atoms with Gasteiger partial charge >= 0.3 is 0 Å². The molecule has 1 fully saturated rings. The number of amides is 1. The molecule has 0 radical (unpaired) electrons. The zero-order valence-corrected chi connectivity index (χ0v) is 17.2. The second-order valence-corrected chi connectivity index (χ2v) is 7.30. The van der Waals surface area contributed by atoms with Gasteiger partial charge < -0.3 is 19.1 Å². The van der Waals surface area contributed by atoms with Gasteiger partial charge in [-0.2, -0.15) is 0 Å². The number of ether oxygens (including phenoxy) is 3. The average molecular weight is 383 g/mol. The van der Waals surface area contributed by atoms with E-state index in [1.54, 1.807) is 14.2 Å². The molecule has 0 aliphatic carbocycles. The predicted octanol–water partition coefficient (Wildman–Crippen LogP) is 3.93. The van der Waals surface area contributed by atoms with Gasteiger partial charge in [-0.15, -0.1) is 0 Å². The number of carbonyl (C=O) groups is 1. The van der Waals surface area contributed by atoms with Crippen molar-refractivity contribution >= 4 is 5.91 Å². The zero-order valence-electron chi connectivity index (χ0n) is 17.2. The Balaban J connectivity index is 1.56. The fraction of sp³-hybridized carbons (Fsp3) is 0.435. The maximum Gasteiger partial charge on any atom is 0.227 e. The summed E-state index contributed by atoms with van der Waals surface area (Å²) in [4.78, 5) is 14.7. The Hall–Kier alpha value is -2.69. The van der Waals surface area contributed by atoms with E-state index in [1.807, 2.05) is 29.2 Å². The number of aryl methyl sites for hydroxylation is 2. The first kappa shape index (κ1) is 20.1. The summed E-state index contributed by atoms with van der Waals surface area (Å²) in [5.41, 5.74) is 3.35. The number of rotatable bonds is 6. The maximum atomic E-state index is 12.8. The van der Waals surface area contributed by atoms with Gasteiger partial charge in [-0.3, -0.25) is 4.79 Å². The number of hydrogen-bond acceptors (Lipinski definition) is 4. The number of benzene rings is 2. The van der Waals surface area contributed by atoms with Crippen LogP contribution in [0.1, 0.15) is 29.5 Å². The molecule has 0 atom stereocenters. The van der Waals surface area contributed by atoms with E-state index in [9.17, 15) is 4.79 Å². The lowest BCUT2D eigenvalue weighted by Gasteiger charge is -2.32. The van der Waals surface area contributed by atoms with E-state index < -0.39 is 0 Å². The summed E-state index contributed by atoms with van der Waals surface area (Å²) in [5, 5.41) is 0. The smallest absolute Gasteiger partial charge is 0.227 e. The van der Waals surface area contributed by atoms with Gasteiger partial charge in [-0.1, -0.05) is 6.07 Å². The second-order valence-electron chi connectivity index (χ2n) is 7.30. The topological polar surface area (TPSA) is 48.0 Å². The SMILES string of the molecule is COc1ccc(OC)c(CC(=O)N2CCC(Oc3ccc(C)c(C)c3)CC2)c1. The van der Waals surface area contributed by atoms with Gasteiger partial charge in [0.2, 0.25) is 5.91 Å². The summed E-state index contributed by atoms with van der Waals surface area (Å²) < 4.78 is 16.8. The van der Waals surface area contributed by atoms with Crippen molar-refractivity contribution in [3.05, 3.63) is 53.1 Å². The fourth-order valence-electron chi connectivity index (χ4n) is 3.50. The second kappa shape index (κ2) is 9.00. The Morgan fingerprint density at radius 3 is 2.32 bits per heavy atom. The van der Waals surface area contributed by atoms with Gasteiger partial charge in [-0.05, 0) is 55.3 Å². The predicted molar refractivity (Wildman–Crippen MR) is 109 cm³/mol. The lowest BCUT2D eigenvalue weighted by atomic mass is 10.0. The molecule has 1 aliphatic rings. The molecular formula is C23H29NO4. The van der Waals surface area contributed by atoms with Crippen molar-refractivity contribution in [2.24, 2.45) is 0 Å². The first-order valence-corrected chi connectivity index (χ1v) is 9.72. The number of piperidine rings is 1. The van der Waals surface area contributed by atoms with Crippen molar-refractivity contribution in [2.75, 3.05) is 27.3 Å². The van der Waals surface area contributed by atoms with Crippen LogP contribution in [0.5, 0.6) is 17.2 Å². The van der Waals surface area contributed by atoms with Crippen LogP contribution in [0.15, 0.2) is 36.4 Å². The van der Waals surface area contributed by atoms with E-state index in [-0.39, 0.29) is 12.0 Å². The Morgan fingerprint density at radius 1 is 0.964 bits per heavy atom. The number of likely N-dealkylation sites (tertiary alicyclic amines) is 1. The molecule has 1 heterocycles. The lowest BCUT2D eigenvalue weighted by Crippen LogP contribution is -2.42. The Labute approximate surface area is 167 Å². The van der Waals surface area contributed by atoms with E-state index in [2.05, 4.69) is 26.0 Å². The molecular weight excluding hydrogens is 354 g/mol. The highest BCUT2D eigenvalue weighted by Crippen LogP contribution is 2.26. The minimum atomic E-state index is 0.108. The number of carbonyl (C=O) groups excluding carboxylic acids is 1. The Morgan fingerprint density at radius 2 is 1.68 bits per heavy atom. The molecule has 28 heavy (non-hydrogen) atoms.